The SMILES string of the molecule is CC(N)C1CCN(CC(=O)Nc2ccc(F)cc2F)C1. The highest BCUT2D eigenvalue weighted by Gasteiger charge is 2.26. The molecule has 20 heavy (non-hydrogen) atoms. The number of nitrogens with zero attached hydrogens (tertiary/aromatic N) is 1. The Bertz CT molecular complexity index is 493. The Balaban J connectivity index is 1.87. The number of nitrogens with two attached hydrogens (primary N) is 1. The minimum Gasteiger partial charge on any atom is -0.328 e. The Morgan fingerprint density at radius 1 is 1.55 bits per heavy atom. The third kappa shape index (κ3) is 3.74. The van der Waals surface area contributed by atoms with E-state index in [0.29, 0.717) is 5.92 Å². The van der Waals surface area contributed by atoms with Crippen molar-refractivity contribution in [1.29, 1.82) is 0 Å². The van der Waals surface area contributed by atoms with Crippen molar-refractivity contribution in [2.24, 2.45) is 11.7 Å². The molecule has 0 spiro atoms. The molecule has 1 aliphatic heterocycles. The molecule has 1 aliphatic rings. The molecule has 1 aromatic carbocycles. The van der Waals surface area contributed by atoms with E-state index in [0.717, 1.165) is 31.6 Å². The van der Waals surface area contributed by atoms with E-state index in [-0.39, 0.29) is 24.2 Å². The lowest BCUT2D eigenvalue weighted by molar-refractivity contribution is -0.117. The summed E-state index contributed by atoms with van der Waals surface area (Å²) >= 11 is 0. The van der Waals surface area contributed by atoms with Gasteiger partial charge in [0.15, 0.2) is 0 Å². The molecule has 2 atom stereocenters. The molecule has 0 saturated carbocycles. The van der Waals surface area contributed by atoms with Gasteiger partial charge in [-0.3, -0.25) is 9.69 Å². The summed E-state index contributed by atoms with van der Waals surface area (Å²) in [7, 11) is 0. The van der Waals surface area contributed by atoms with Crippen LogP contribution in [0.15, 0.2) is 18.2 Å². The maximum absolute atomic E-state index is 13.4. The Morgan fingerprint density at radius 2 is 2.30 bits per heavy atom. The molecule has 110 valence electrons. The summed E-state index contributed by atoms with van der Waals surface area (Å²) in [6, 6.07) is 3.19. The van der Waals surface area contributed by atoms with Gasteiger partial charge >= 0.3 is 0 Å². The molecule has 0 aliphatic carbocycles. The summed E-state index contributed by atoms with van der Waals surface area (Å²) in [5, 5.41) is 2.45. The Hall–Kier alpha value is -1.53. The van der Waals surface area contributed by atoms with E-state index >= 15 is 0 Å². The summed E-state index contributed by atoms with van der Waals surface area (Å²) in [5.41, 5.74) is 5.84. The van der Waals surface area contributed by atoms with Gasteiger partial charge < -0.3 is 11.1 Å². The fraction of sp³-hybridized carbons (Fsp3) is 0.500. The molecule has 1 heterocycles. The average Bonchev–Trinajstić information content (AvgIpc) is 2.81. The third-order valence-electron chi connectivity index (χ3n) is 3.62. The van der Waals surface area contributed by atoms with Crippen LogP contribution in [0.1, 0.15) is 13.3 Å². The minimum absolute atomic E-state index is 0.000611. The zero-order valence-electron chi connectivity index (χ0n) is 11.4. The molecule has 1 aromatic rings. The standard InChI is InChI=1S/C14H19F2N3O/c1-9(17)10-4-5-19(7-10)8-14(20)18-13-3-2-11(15)6-12(13)16/h2-3,6,9-10H,4-5,7-8,17H2,1H3,(H,18,20). The lowest BCUT2D eigenvalue weighted by Crippen LogP contribution is -2.34. The predicted molar refractivity (Wildman–Crippen MR) is 73.2 cm³/mol. The highest BCUT2D eigenvalue weighted by Crippen LogP contribution is 2.19. The quantitative estimate of drug-likeness (QED) is 0.882. The molecule has 0 aromatic heterocycles. The average molecular weight is 283 g/mol. The van der Waals surface area contributed by atoms with E-state index < -0.39 is 11.6 Å². The topological polar surface area (TPSA) is 58.4 Å². The number of anilines is 1. The van der Waals surface area contributed by atoms with Gasteiger partial charge in [0.25, 0.3) is 0 Å². The van der Waals surface area contributed by atoms with E-state index in [9.17, 15) is 13.6 Å². The Labute approximate surface area is 116 Å². The van der Waals surface area contributed by atoms with Gasteiger partial charge in [0.1, 0.15) is 11.6 Å². The number of carbonyl (C=O) groups is 1. The van der Waals surface area contributed by atoms with Crippen LogP contribution in [0.3, 0.4) is 0 Å². The number of likely N-dealkylation sites (tertiary alicyclic amines) is 1. The minimum atomic E-state index is -0.770. The van der Waals surface area contributed by atoms with E-state index in [4.69, 9.17) is 5.73 Å². The van der Waals surface area contributed by atoms with Crippen LogP contribution in [-0.2, 0) is 4.79 Å². The van der Waals surface area contributed by atoms with Crippen molar-refractivity contribution in [3.05, 3.63) is 29.8 Å². The monoisotopic (exact) mass is 283 g/mol. The summed E-state index contributed by atoms with van der Waals surface area (Å²) in [6.45, 7) is 3.74. The summed E-state index contributed by atoms with van der Waals surface area (Å²) < 4.78 is 26.2. The highest BCUT2D eigenvalue weighted by molar-refractivity contribution is 5.92. The molecule has 1 saturated heterocycles. The maximum Gasteiger partial charge on any atom is 0.238 e. The van der Waals surface area contributed by atoms with Crippen LogP contribution < -0.4 is 11.1 Å². The fourth-order valence-corrected chi connectivity index (χ4v) is 2.42. The summed E-state index contributed by atoms with van der Waals surface area (Å²) in [5.74, 6) is -1.35. The highest BCUT2D eigenvalue weighted by atomic mass is 19.1. The van der Waals surface area contributed by atoms with Gasteiger partial charge in [0.05, 0.1) is 12.2 Å². The summed E-state index contributed by atoms with van der Waals surface area (Å²) in [6.07, 6.45) is 0.968. The van der Waals surface area contributed by atoms with Crippen molar-refractivity contribution in [3.63, 3.8) is 0 Å². The van der Waals surface area contributed by atoms with E-state index in [1.807, 2.05) is 11.8 Å². The molecular formula is C14H19F2N3O. The number of carbonyl (C=O) groups excluding carboxylic acids is 1. The number of amides is 1. The van der Waals surface area contributed by atoms with Gasteiger partial charge in [-0.15, -0.1) is 0 Å². The molecule has 2 unspecified atom stereocenters. The first kappa shape index (κ1) is 14.9. The first-order chi connectivity index (χ1) is 9.45. The van der Waals surface area contributed by atoms with Crippen LogP contribution in [-0.4, -0.2) is 36.5 Å². The van der Waals surface area contributed by atoms with Crippen molar-refractivity contribution < 1.29 is 13.6 Å². The summed E-state index contributed by atoms with van der Waals surface area (Å²) in [4.78, 5) is 13.8. The molecule has 1 fully saturated rings. The molecule has 6 heteroatoms. The number of halogens is 2. The number of nitrogens with one attached hydrogen (secondary N) is 1. The number of hydrogen-bond donors (Lipinski definition) is 2. The smallest absolute Gasteiger partial charge is 0.238 e. The van der Waals surface area contributed by atoms with Crippen molar-refractivity contribution in [2.45, 2.75) is 19.4 Å². The van der Waals surface area contributed by atoms with Gasteiger partial charge in [-0.1, -0.05) is 0 Å². The van der Waals surface area contributed by atoms with Crippen LogP contribution in [0, 0.1) is 17.6 Å². The van der Waals surface area contributed by atoms with Crippen LogP contribution in [0.5, 0.6) is 0 Å². The predicted octanol–water partition coefficient (Wildman–Crippen LogP) is 1.57. The molecule has 1 amide bonds. The first-order valence-electron chi connectivity index (χ1n) is 6.68. The normalized spacial score (nSPS) is 20.9. The largest absolute Gasteiger partial charge is 0.328 e. The molecule has 4 nitrogen and oxygen atoms in total. The number of benzene rings is 1. The third-order valence-corrected chi connectivity index (χ3v) is 3.62. The molecule has 0 bridgehead atoms. The van der Waals surface area contributed by atoms with Crippen molar-refractivity contribution >= 4 is 11.6 Å². The second kappa shape index (κ2) is 6.28. The van der Waals surface area contributed by atoms with Crippen molar-refractivity contribution in [2.75, 3.05) is 25.0 Å². The maximum atomic E-state index is 13.4. The lowest BCUT2D eigenvalue weighted by atomic mass is 10.0. The molecule has 2 rings (SSSR count). The van der Waals surface area contributed by atoms with E-state index in [1.165, 1.54) is 6.07 Å². The van der Waals surface area contributed by atoms with Crippen LogP contribution in [0.2, 0.25) is 0 Å². The second-order valence-corrected chi connectivity index (χ2v) is 5.32. The van der Waals surface area contributed by atoms with Gasteiger partial charge in [0.2, 0.25) is 5.91 Å². The zero-order valence-corrected chi connectivity index (χ0v) is 11.4. The fourth-order valence-electron chi connectivity index (χ4n) is 2.42. The zero-order chi connectivity index (χ0) is 14.7. The Morgan fingerprint density at radius 3 is 2.90 bits per heavy atom. The van der Waals surface area contributed by atoms with Crippen LogP contribution in [0.25, 0.3) is 0 Å². The van der Waals surface area contributed by atoms with Crippen LogP contribution >= 0.6 is 0 Å². The Kier molecular flexibility index (Phi) is 4.67. The van der Waals surface area contributed by atoms with Gasteiger partial charge in [-0.25, -0.2) is 8.78 Å². The van der Waals surface area contributed by atoms with E-state index in [2.05, 4.69) is 5.32 Å². The van der Waals surface area contributed by atoms with Crippen molar-refractivity contribution in [3.8, 4) is 0 Å². The number of rotatable bonds is 4. The molecule has 0 radical (unpaired) electrons. The second-order valence-electron chi connectivity index (χ2n) is 5.32. The lowest BCUT2D eigenvalue weighted by Gasteiger charge is -2.17. The molecule has 3 N–H and O–H groups in total. The van der Waals surface area contributed by atoms with E-state index in [1.54, 1.807) is 0 Å². The van der Waals surface area contributed by atoms with Gasteiger partial charge in [0, 0.05) is 18.7 Å². The van der Waals surface area contributed by atoms with Crippen molar-refractivity contribution in [1.82, 2.24) is 4.90 Å². The van der Waals surface area contributed by atoms with Gasteiger partial charge in [-0.05, 0) is 37.9 Å². The molecular weight excluding hydrogens is 264 g/mol. The van der Waals surface area contributed by atoms with Crippen LogP contribution in [0.4, 0.5) is 14.5 Å². The first-order valence-corrected chi connectivity index (χ1v) is 6.68. The number of hydrogen-bond acceptors (Lipinski definition) is 3. The van der Waals surface area contributed by atoms with Gasteiger partial charge in [-0.2, -0.15) is 0 Å².